The normalized spacial score (nSPS) is 28.5. The first-order valence-electron chi connectivity index (χ1n) is 8.77. The Morgan fingerprint density at radius 1 is 1.19 bits per heavy atom. The Kier molecular flexibility index (Phi) is 4.97. The second-order valence-corrected chi connectivity index (χ2v) is 7.17. The third-order valence-electron chi connectivity index (χ3n) is 5.18. The summed E-state index contributed by atoms with van der Waals surface area (Å²) < 4.78 is 0. The summed E-state index contributed by atoms with van der Waals surface area (Å²) in [5, 5.41) is 3.79. The van der Waals surface area contributed by atoms with Gasteiger partial charge < -0.3 is 5.32 Å². The molecule has 1 aliphatic heterocycles. The summed E-state index contributed by atoms with van der Waals surface area (Å²) in [6, 6.07) is 12.3. The summed E-state index contributed by atoms with van der Waals surface area (Å²) in [7, 11) is 0. The highest BCUT2D eigenvalue weighted by molar-refractivity contribution is 5.14. The van der Waals surface area contributed by atoms with Gasteiger partial charge in [0, 0.05) is 31.7 Å². The third-order valence-corrected chi connectivity index (χ3v) is 5.18. The van der Waals surface area contributed by atoms with Gasteiger partial charge in [-0.05, 0) is 43.1 Å². The van der Waals surface area contributed by atoms with E-state index < -0.39 is 0 Å². The SMILES string of the molecule is CCC(C1CC1)N1CC(C)CC(NCc2ccccc2)C1. The van der Waals surface area contributed by atoms with Crippen LogP contribution in [0.1, 0.15) is 45.1 Å². The van der Waals surface area contributed by atoms with E-state index in [0.29, 0.717) is 6.04 Å². The molecule has 0 spiro atoms. The number of piperidine rings is 1. The number of rotatable bonds is 6. The number of hydrogen-bond donors (Lipinski definition) is 1. The molecule has 1 aliphatic carbocycles. The van der Waals surface area contributed by atoms with Gasteiger partial charge in [0.2, 0.25) is 0 Å². The Morgan fingerprint density at radius 3 is 2.62 bits per heavy atom. The molecule has 2 fully saturated rings. The summed E-state index contributed by atoms with van der Waals surface area (Å²) in [5.41, 5.74) is 1.40. The number of likely N-dealkylation sites (tertiary alicyclic amines) is 1. The van der Waals surface area contributed by atoms with Gasteiger partial charge in [-0.1, -0.05) is 44.2 Å². The minimum absolute atomic E-state index is 0.654. The maximum absolute atomic E-state index is 3.79. The van der Waals surface area contributed by atoms with Gasteiger partial charge in [0.25, 0.3) is 0 Å². The summed E-state index contributed by atoms with van der Waals surface area (Å²) in [6.07, 6.45) is 5.57. The van der Waals surface area contributed by atoms with Crippen LogP contribution in [0, 0.1) is 11.8 Å². The fraction of sp³-hybridized carbons (Fsp3) is 0.684. The third kappa shape index (κ3) is 4.08. The van der Waals surface area contributed by atoms with E-state index in [1.807, 2.05) is 0 Å². The van der Waals surface area contributed by atoms with Crippen LogP contribution in [0.5, 0.6) is 0 Å². The zero-order valence-corrected chi connectivity index (χ0v) is 13.6. The van der Waals surface area contributed by atoms with Crippen LogP contribution < -0.4 is 5.32 Å². The molecule has 0 aromatic heterocycles. The highest BCUT2D eigenvalue weighted by atomic mass is 15.2. The van der Waals surface area contributed by atoms with Crippen molar-refractivity contribution in [3.05, 3.63) is 35.9 Å². The summed E-state index contributed by atoms with van der Waals surface area (Å²) >= 11 is 0. The Hall–Kier alpha value is -0.860. The molecule has 3 atom stereocenters. The predicted molar refractivity (Wildman–Crippen MR) is 89.2 cm³/mol. The average molecular weight is 286 g/mol. The average Bonchev–Trinajstić information content (AvgIpc) is 3.31. The molecule has 0 radical (unpaired) electrons. The molecule has 1 saturated carbocycles. The van der Waals surface area contributed by atoms with E-state index in [1.165, 1.54) is 44.3 Å². The summed E-state index contributed by atoms with van der Waals surface area (Å²) in [6.45, 7) is 8.34. The van der Waals surface area contributed by atoms with Gasteiger partial charge in [-0.25, -0.2) is 0 Å². The van der Waals surface area contributed by atoms with Gasteiger partial charge in [-0.2, -0.15) is 0 Å². The molecule has 2 aliphatic rings. The van der Waals surface area contributed by atoms with Gasteiger partial charge in [-0.3, -0.25) is 4.90 Å². The highest BCUT2D eigenvalue weighted by Crippen LogP contribution is 2.38. The molecule has 116 valence electrons. The molecule has 1 aromatic rings. The van der Waals surface area contributed by atoms with Crippen molar-refractivity contribution in [2.24, 2.45) is 11.8 Å². The zero-order chi connectivity index (χ0) is 14.7. The van der Waals surface area contributed by atoms with Crippen LogP contribution in [-0.4, -0.2) is 30.1 Å². The number of nitrogens with one attached hydrogen (secondary N) is 1. The summed E-state index contributed by atoms with van der Waals surface area (Å²) in [5.74, 6) is 1.81. The van der Waals surface area contributed by atoms with Crippen LogP contribution in [0.4, 0.5) is 0 Å². The predicted octanol–water partition coefficient (Wildman–Crippen LogP) is 3.68. The maximum Gasteiger partial charge on any atom is 0.0208 e. The lowest BCUT2D eigenvalue weighted by molar-refractivity contribution is 0.0892. The molecule has 1 N–H and O–H groups in total. The minimum atomic E-state index is 0.654. The standard InChI is InChI=1S/C19H30N2/c1-3-19(17-9-10-17)21-13-15(2)11-18(14-21)20-12-16-7-5-4-6-8-16/h4-8,15,17-20H,3,9-14H2,1-2H3. The molecule has 2 heteroatoms. The van der Waals surface area contributed by atoms with E-state index in [1.54, 1.807) is 0 Å². The smallest absolute Gasteiger partial charge is 0.0208 e. The molecule has 21 heavy (non-hydrogen) atoms. The second-order valence-electron chi connectivity index (χ2n) is 7.17. The molecule has 3 rings (SSSR count). The van der Waals surface area contributed by atoms with Crippen molar-refractivity contribution in [1.82, 2.24) is 10.2 Å². The van der Waals surface area contributed by atoms with Crippen LogP contribution >= 0.6 is 0 Å². The van der Waals surface area contributed by atoms with E-state index >= 15 is 0 Å². The van der Waals surface area contributed by atoms with Crippen LogP contribution in [0.25, 0.3) is 0 Å². The Labute approximate surface area is 129 Å². The fourth-order valence-electron chi connectivity index (χ4n) is 4.04. The number of nitrogens with zero attached hydrogens (tertiary/aromatic N) is 1. The van der Waals surface area contributed by atoms with Crippen molar-refractivity contribution in [3.8, 4) is 0 Å². The van der Waals surface area contributed by atoms with Gasteiger partial charge in [-0.15, -0.1) is 0 Å². The Morgan fingerprint density at radius 2 is 1.95 bits per heavy atom. The Balaban J connectivity index is 1.55. The van der Waals surface area contributed by atoms with E-state index in [4.69, 9.17) is 0 Å². The molecular formula is C19H30N2. The summed E-state index contributed by atoms with van der Waals surface area (Å²) in [4.78, 5) is 2.79. The van der Waals surface area contributed by atoms with Gasteiger partial charge in [0.15, 0.2) is 0 Å². The second kappa shape index (κ2) is 6.93. The van der Waals surface area contributed by atoms with Gasteiger partial charge in [0.05, 0.1) is 0 Å². The molecule has 0 bridgehead atoms. The number of benzene rings is 1. The first kappa shape index (κ1) is 15.1. The van der Waals surface area contributed by atoms with E-state index in [2.05, 4.69) is 54.4 Å². The minimum Gasteiger partial charge on any atom is -0.309 e. The van der Waals surface area contributed by atoms with Crippen LogP contribution in [0.15, 0.2) is 30.3 Å². The quantitative estimate of drug-likeness (QED) is 0.858. The van der Waals surface area contributed by atoms with E-state index in [-0.39, 0.29) is 0 Å². The molecule has 0 amide bonds. The molecule has 1 heterocycles. The Bertz CT molecular complexity index is 426. The maximum atomic E-state index is 3.79. The van der Waals surface area contributed by atoms with Crippen LogP contribution in [-0.2, 0) is 6.54 Å². The topological polar surface area (TPSA) is 15.3 Å². The van der Waals surface area contributed by atoms with Crippen LogP contribution in [0.3, 0.4) is 0 Å². The van der Waals surface area contributed by atoms with E-state index in [9.17, 15) is 0 Å². The van der Waals surface area contributed by atoms with E-state index in [0.717, 1.165) is 24.4 Å². The molecule has 2 nitrogen and oxygen atoms in total. The van der Waals surface area contributed by atoms with Crippen LogP contribution in [0.2, 0.25) is 0 Å². The van der Waals surface area contributed by atoms with Crippen molar-refractivity contribution < 1.29 is 0 Å². The van der Waals surface area contributed by atoms with Crippen molar-refractivity contribution in [2.75, 3.05) is 13.1 Å². The largest absolute Gasteiger partial charge is 0.309 e. The molecule has 3 unspecified atom stereocenters. The van der Waals surface area contributed by atoms with Crippen molar-refractivity contribution in [1.29, 1.82) is 0 Å². The zero-order valence-electron chi connectivity index (χ0n) is 13.6. The van der Waals surface area contributed by atoms with Gasteiger partial charge in [0.1, 0.15) is 0 Å². The lowest BCUT2D eigenvalue weighted by Crippen LogP contribution is -2.52. The first-order valence-corrected chi connectivity index (χ1v) is 8.77. The van der Waals surface area contributed by atoms with Crippen molar-refractivity contribution in [2.45, 2.75) is 58.2 Å². The van der Waals surface area contributed by atoms with Crippen molar-refractivity contribution >= 4 is 0 Å². The lowest BCUT2D eigenvalue weighted by atomic mass is 9.93. The lowest BCUT2D eigenvalue weighted by Gasteiger charge is -2.41. The first-order chi connectivity index (χ1) is 10.3. The monoisotopic (exact) mass is 286 g/mol. The number of hydrogen-bond acceptors (Lipinski definition) is 2. The molecule has 1 saturated heterocycles. The van der Waals surface area contributed by atoms with Gasteiger partial charge >= 0.3 is 0 Å². The van der Waals surface area contributed by atoms with Crippen molar-refractivity contribution in [3.63, 3.8) is 0 Å². The fourth-order valence-corrected chi connectivity index (χ4v) is 4.04. The molecular weight excluding hydrogens is 256 g/mol. The molecule has 1 aromatic carbocycles. The highest BCUT2D eigenvalue weighted by Gasteiger charge is 2.37.